The van der Waals surface area contributed by atoms with E-state index in [2.05, 4.69) is 26.6 Å². The molecule has 0 unspecified atom stereocenters. The van der Waals surface area contributed by atoms with Crippen LogP contribution in [0.15, 0.2) is 46.9 Å². The van der Waals surface area contributed by atoms with Crippen molar-refractivity contribution in [3.8, 4) is 5.75 Å². The Morgan fingerprint density at radius 1 is 1.13 bits per heavy atom. The van der Waals surface area contributed by atoms with E-state index in [1.165, 1.54) is 0 Å². The van der Waals surface area contributed by atoms with Gasteiger partial charge in [-0.2, -0.15) is 0 Å². The molecule has 2 aromatic rings. The molecule has 0 atom stereocenters. The van der Waals surface area contributed by atoms with Crippen LogP contribution in [0.5, 0.6) is 5.75 Å². The zero-order valence-electron chi connectivity index (χ0n) is 12.9. The average Bonchev–Trinajstić information content (AvgIpc) is 2.56. The van der Waals surface area contributed by atoms with E-state index >= 15 is 0 Å². The molecule has 0 aliphatic carbocycles. The van der Waals surface area contributed by atoms with Crippen LogP contribution in [-0.2, 0) is 4.79 Å². The largest absolute Gasteiger partial charge is 0.484 e. The molecule has 5 nitrogen and oxygen atoms in total. The summed E-state index contributed by atoms with van der Waals surface area (Å²) < 4.78 is 6.45. The first-order chi connectivity index (χ1) is 11.0. The lowest BCUT2D eigenvalue weighted by Gasteiger charge is -2.09. The highest BCUT2D eigenvalue weighted by Crippen LogP contribution is 2.21. The Morgan fingerprint density at radius 3 is 2.43 bits per heavy atom. The van der Waals surface area contributed by atoms with Gasteiger partial charge in [0.1, 0.15) is 5.75 Å². The van der Waals surface area contributed by atoms with Gasteiger partial charge in [-0.15, -0.1) is 0 Å². The van der Waals surface area contributed by atoms with E-state index in [-0.39, 0.29) is 18.4 Å². The van der Waals surface area contributed by atoms with Crippen molar-refractivity contribution in [2.75, 3.05) is 19.0 Å². The third-order valence-corrected chi connectivity index (χ3v) is 4.05. The predicted molar refractivity (Wildman–Crippen MR) is 92.8 cm³/mol. The van der Waals surface area contributed by atoms with Gasteiger partial charge in [-0.25, -0.2) is 0 Å². The minimum absolute atomic E-state index is 0.0850. The summed E-state index contributed by atoms with van der Waals surface area (Å²) in [5.74, 6) is 0.200. The fourth-order valence-corrected chi connectivity index (χ4v) is 2.15. The fourth-order valence-electron chi connectivity index (χ4n) is 1.90. The minimum atomic E-state index is -0.265. The van der Waals surface area contributed by atoms with Crippen molar-refractivity contribution in [1.29, 1.82) is 0 Å². The SMILES string of the molecule is CNC(=O)c1ccc(NC(=O)COc2ccc(Br)c(C)c2)cc1. The number of carbonyl (C=O) groups excluding carboxylic acids is 2. The highest BCUT2D eigenvalue weighted by Gasteiger charge is 2.06. The summed E-state index contributed by atoms with van der Waals surface area (Å²) in [5, 5.41) is 5.26. The average molecular weight is 377 g/mol. The maximum absolute atomic E-state index is 11.9. The summed E-state index contributed by atoms with van der Waals surface area (Å²) in [5.41, 5.74) is 2.18. The monoisotopic (exact) mass is 376 g/mol. The summed E-state index contributed by atoms with van der Waals surface area (Å²) in [6, 6.07) is 12.2. The van der Waals surface area contributed by atoms with Crippen molar-refractivity contribution in [3.05, 3.63) is 58.1 Å². The quantitative estimate of drug-likeness (QED) is 0.842. The number of anilines is 1. The van der Waals surface area contributed by atoms with E-state index in [0.717, 1.165) is 10.0 Å². The molecule has 0 saturated carbocycles. The maximum Gasteiger partial charge on any atom is 0.262 e. The standard InChI is InChI=1S/C17H17BrN2O3/c1-11-9-14(7-8-15(11)18)23-10-16(21)20-13-5-3-12(4-6-13)17(22)19-2/h3-9H,10H2,1-2H3,(H,19,22)(H,20,21). The Hall–Kier alpha value is -2.34. The second-order valence-corrected chi connectivity index (χ2v) is 5.76. The van der Waals surface area contributed by atoms with Gasteiger partial charge in [0.25, 0.3) is 11.8 Å². The molecule has 0 bridgehead atoms. The Labute approximate surface area is 143 Å². The normalized spacial score (nSPS) is 10.0. The van der Waals surface area contributed by atoms with E-state index in [9.17, 15) is 9.59 Å². The van der Waals surface area contributed by atoms with Gasteiger partial charge >= 0.3 is 0 Å². The molecular formula is C17H17BrN2O3. The third kappa shape index (κ3) is 4.82. The third-order valence-electron chi connectivity index (χ3n) is 3.16. The summed E-state index contributed by atoms with van der Waals surface area (Å²) >= 11 is 3.41. The van der Waals surface area contributed by atoms with Gasteiger partial charge in [0.05, 0.1) is 0 Å². The van der Waals surface area contributed by atoms with E-state index in [1.807, 2.05) is 19.1 Å². The van der Waals surface area contributed by atoms with Crippen molar-refractivity contribution in [1.82, 2.24) is 5.32 Å². The molecule has 0 fully saturated rings. The van der Waals surface area contributed by atoms with Crippen molar-refractivity contribution < 1.29 is 14.3 Å². The van der Waals surface area contributed by atoms with E-state index < -0.39 is 0 Å². The van der Waals surface area contributed by atoms with Gasteiger partial charge in [0.15, 0.2) is 6.61 Å². The molecule has 120 valence electrons. The summed E-state index contributed by atoms with van der Waals surface area (Å²) in [6.07, 6.45) is 0. The number of halogens is 1. The van der Waals surface area contributed by atoms with Crippen LogP contribution in [0.1, 0.15) is 15.9 Å². The number of hydrogen-bond acceptors (Lipinski definition) is 3. The lowest BCUT2D eigenvalue weighted by Crippen LogP contribution is -2.20. The number of hydrogen-bond donors (Lipinski definition) is 2. The van der Waals surface area contributed by atoms with Gasteiger partial charge in [0, 0.05) is 22.8 Å². The van der Waals surface area contributed by atoms with Gasteiger partial charge < -0.3 is 15.4 Å². The molecule has 6 heteroatoms. The lowest BCUT2D eigenvalue weighted by molar-refractivity contribution is -0.118. The second-order valence-electron chi connectivity index (χ2n) is 4.90. The molecular weight excluding hydrogens is 360 g/mol. The van der Waals surface area contributed by atoms with Gasteiger partial charge in [-0.3, -0.25) is 9.59 Å². The maximum atomic E-state index is 11.9. The molecule has 0 aliphatic heterocycles. The van der Waals surface area contributed by atoms with Gasteiger partial charge in [-0.1, -0.05) is 15.9 Å². The highest BCUT2D eigenvalue weighted by molar-refractivity contribution is 9.10. The number of aryl methyl sites for hydroxylation is 1. The Bertz CT molecular complexity index is 714. The number of ether oxygens (including phenoxy) is 1. The van der Waals surface area contributed by atoms with Crippen molar-refractivity contribution in [3.63, 3.8) is 0 Å². The fraction of sp³-hybridized carbons (Fsp3) is 0.176. The highest BCUT2D eigenvalue weighted by atomic mass is 79.9. The Kier molecular flexibility index (Phi) is 5.76. The number of amides is 2. The number of benzene rings is 2. The molecule has 2 rings (SSSR count). The first kappa shape index (κ1) is 17.0. The Balaban J connectivity index is 1.89. The zero-order valence-corrected chi connectivity index (χ0v) is 14.4. The van der Waals surface area contributed by atoms with E-state index in [4.69, 9.17) is 4.74 Å². The molecule has 0 aromatic heterocycles. The summed E-state index contributed by atoms with van der Waals surface area (Å²) in [7, 11) is 1.57. The topological polar surface area (TPSA) is 67.4 Å². The van der Waals surface area contributed by atoms with Crippen LogP contribution in [-0.4, -0.2) is 25.5 Å². The van der Waals surface area contributed by atoms with Gasteiger partial charge in [0.2, 0.25) is 0 Å². The number of carbonyl (C=O) groups is 2. The van der Waals surface area contributed by atoms with Crippen LogP contribution in [0.3, 0.4) is 0 Å². The first-order valence-corrected chi connectivity index (χ1v) is 7.80. The van der Waals surface area contributed by atoms with Crippen molar-refractivity contribution in [2.45, 2.75) is 6.92 Å². The molecule has 2 amide bonds. The molecule has 23 heavy (non-hydrogen) atoms. The van der Waals surface area contributed by atoms with Crippen LogP contribution < -0.4 is 15.4 Å². The molecule has 0 aliphatic rings. The molecule has 0 spiro atoms. The zero-order chi connectivity index (χ0) is 16.8. The van der Waals surface area contributed by atoms with Crippen LogP contribution in [0.2, 0.25) is 0 Å². The summed E-state index contributed by atoms with van der Waals surface area (Å²) in [4.78, 5) is 23.3. The molecule has 0 heterocycles. The van der Waals surface area contributed by atoms with Crippen LogP contribution >= 0.6 is 15.9 Å². The molecule has 2 N–H and O–H groups in total. The second kappa shape index (κ2) is 7.78. The molecule has 2 aromatic carbocycles. The van der Waals surface area contributed by atoms with Gasteiger partial charge in [-0.05, 0) is 55.0 Å². The predicted octanol–water partition coefficient (Wildman–Crippen LogP) is 3.13. The van der Waals surface area contributed by atoms with Crippen LogP contribution in [0.25, 0.3) is 0 Å². The van der Waals surface area contributed by atoms with E-state index in [1.54, 1.807) is 37.4 Å². The first-order valence-electron chi connectivity index (χ1n) is 7.00. The number of nitrogens with one attached hydrogen (secondary N) is 2. The van der Waals surface area contributed by atoms with Crippen LogP contribution in [0.4, 0.5) is 5.69 Å². The van der Waals surface area contributed by atoms with Crippen molar-refractivity contribution in [2.24, 2.45) is 0 Å². The minimum Gasteiger partial charge on any atom is -0.484 e. The van der Waals surface area contributed by atoms with E-state index in [0.29, 0.717) is 17.0 Å². The number of rotatable bonds is 5. The lowest BCUT2D eigenvalue weighted by atomic mass is 10.2. The van der Waals surface area contributed by atoms with Crippen LogP contribution in [0, 0.1) is 6.92 Å². The Morgan fingerprint density at radius 2 is 1.83 bits per heavy atom. The summed E-state index contributed by atoms with van der Waals surface area (Å²) in [6.45, 7) is 1.86. The van der Waals surface area contributed by atoms with Crippen molar-refractivity contribution >= 4 is 33.4 Å². The smallest absolute Gasteiger partial charge is 0.262 e. The molecule has 0 saturated heterocycles. The molecule has 0 radical (unpaired) electrons.